The summed E-state index contributed by atoms with van der Waals surface area (Å²) in [6, 6.07) is 5.89. The molecule has 7 nitrogen and oxygen atoms in total. The van der Waals surface area contributed by atoms with Gasteiger partial charge in [-0.1, -0.05) is 25.1 Å². The molecular formula is C16H20N6O. The number of nitrogens with one attached hydrogen (secondary N) is 2. The monoisotopic (exact) mass is 312 g/mol. The minimum absolute atomic E-state index is 0.120. The van der Waals surface area contributed by atoms with E-state index in [9.17, 15) is 4.79 Å². The molecule has 3 aromatic rings. The Hall–Kier alpha value is -2.70. The van der Waals surface area contributed by atoms with E-state index in [1.54, 1.807) is 12.4 Å². The van der Waals surface area contributed by atoms with Gasteiger partial charge in [-0.15, -0.1) is 5.10 Å². The topological polar surface area (TPSA) is 88.5 Å². The van der Waals surface area contributed by atoms with Crippen molar-refractivity contribution in [2.45, 2.75) is 33.4 Å². The second-order valence-corrected chi connectivity index (χ2v) is 6.03. The van der Waals surface area contributed by atoms with Crippen LogP contribution >= 0.6 is 0 Å². The Kier molecular flexibility index (Phi) is 4.10. The number of nitrogens with zero attached hydrogens (tertiary/aromatic N) is 4. The number of hydrogen-bond donors (Lipinski definition) is 2. The Labute approximate surface area is 134 Å². The Morgan fingerprint density at radius 2 is 2.22 bits per heavy atom. The zero-order valence-electron chi connectivity index (χ0n) is 13.4. The molecule has 2 N–H and O–H groups in total. The third kappa shape index (κ3) is 3.39. The maximum absolute atomic E-state index is 12.2. The number of hydrogen-bond acceptors (Lipinski definition) is 4. The lowest BCUT2D eigenvalue weighted by atomic mass is 10.0. The predicted molar refractivity (Wildman–Crippen MR) is 86.6 cm³/mol. The Bertz CT molecular complexity index is 805. The summed E-state index contributed by atoms with van der Waals surface area (Å²) in [5, 5.41) is 10.5. The maximum atomic E-state index is 12.2. The van der Waals surface area contributed by atoms with E-state index in [2.05, 4.69) is 45.5 Å². The van der Waals surface area contributed by atoms with Crippen LogP contribution in [0.2, 0.25) is 0 Å². The predicted octanol–water partition coefficient (Wildman–Crippen LogP) is 1.98. The van der Waals surface area contributed by atoms with Crippen LogP contribution in [0.3, 0.4) is 0 Å². The first kappa shape index (κ1) is 15.2. The molecule has 23 heavy (non-hydrogen) atoms. The third-order valence-electron chi connectivity index (χ3n) is 3.71. The molecule has 1 atom stereocenters. The highest BCUT2D eigenvalue weighted by atomic mass is 16.2. The number of benzene rings is 1. The van der Waals surface area contributed by atoms with E-state index < -0.39 is 0 Å². The SMILES string of the molecule is Cc1ccc2nc(C(NC(=O)Cn3ccnn3)C(C)C)[nH]c2c1. The van der Waals surface area contributed by atoms with Crippen molar-refractivity contribution in [3.8, 4) is 0 Å². The van der Waals surface area contributed by atoms with Crippen molar-refractivity contribution in [2.24, 2.45) is 5.92 Å². The fraction of sp³-hybridized carbons (Fsp3) is 0.375. The lowest BCUT2D eigenvalue weighted by molar-refractivity contribution is -0.123. The lowest BCUT2D eigenvalue weighted by Gasteiger charge is -2.20. The van der Waals surface area contributed by atoms with Gasteiger partial charge in [0.05, 0.1) is 23.3 Å². The van der Waals surface area contributed by atoms with Crippen LogP contribution in [0.1, 0.15) is 31.3 Å². The molecule has 0 aliphatic rings. The summed E-state index contributed by atoms with van der Waals surface area (Å²) in [4.78, 5) is 20.2. The van der Waals surface area contributed by atoms with Crippen molar-refractivity contribution < 1.29 is 4.79 Å². The van der Waals surface area contributed by atoms with Gasteiger partial charge in [0.25, 0.3) is 0 Å². The number of amides is 1. The van der Waals surface area contributed by atoms with Gasteiger partial charge in [-0.25, -0.2) is 9.67 Å². The number of aromatic nitrogens is 5. The first-order valence-corrected chi connectivity index (χ1v) is 7.62. The summed E-state index contributed by atoms with van der Waals surface area (Å²) in [5.74, 6) is 0.856. The number of H-pyrrole nitrogens is 1. The molecule has 0 aliphatic carbocycles. The fourth-order valence-electron chi connectivity index (χ4n) is 2.52. The van der Waals surface area contributed by atoms with Crippen LogP contribution < -0.4 is 5.32 Å². The summed E-state index contributed by atoms with van der Waals surface area (Å²) in [6.45, 7) is 6.29. The summed E-state index contributed by atoms with van der Waals surface area (Å²) in [6.07, 6.45) is 3.21. The molecule has 120 valence electrons. The van der Waals surface area contributed by atoms with E-state index in [-0.39, 0.29) is 24.4 Å². The fourth-order valence-corrected chi connectivity index (χ4v) is 2.52. The van der Waals surface area contributed by atoms with Crippen LogP contribution in [-0.4, -0.2) is 30.9 Å². The number of aromatic amines is 1. The standard InChI is InChI=1S/C16H20N6O/c1-10(2)15(20-14(23)9-22-7-6-17-21-22)16-18-12-5-4-11(3)8-13(12)19-16/h4-8,10,15H,9H2,1-3H3,(H,18,19)(H,20,23). The second-order valence-electron chi connectivity index (χ2n) is 6.03. The number of carbonyl (C=O) groups is 1. The molecule has 0 saturated heterocycles. The quantitative estimate of drug-likeness (QED) is 0.754. The molecule has 2 heterocycles. The molecule has 0 bridgehead atoms. The van der Waals surface area contributed by atoms with Crippen molar-refractivity contribution in [2.75, 3.05) is 0 Å². The van der Waals surface area contributed by atoms with Gasteiger partial charge >= 0.3 is 0 Å². The second kappa shape index (κ2) is 6.20. The smallest absolute Gasteiger partial charge is 0.242 e. The molecule has 3 rings (SSSR count). The Morgan fingerprint density at radius 3 is 2.91 bits per heavy atom. The van der Waals surface area contributed by atoms with Crippen molar-refractivity contribution in [1.82, 2.24) is 30.3 Å². The van der Waals surface area contributed by atoms with Gasteiger partial charge in [0.1, 0.15) is 12.4 Å². The normalized spacial score (nSPS) is 12.7. The lowest BCUT2D eigenvalue weighted by Crippen LogP contribution is -2.35. The van der Waals surface area contributed by atoms with E-state index in [0.29, 0.717) is 0 Å². The van der Waals surface area contributed by atoms with Gasteiger partial charge in [0, 0.05) is 6.20 Å². The highest BCUT2D eigenvalue weighted by Gasteiger charge is 2.22. The minimum Gasteiger partial charge on any atom is -0.344 e. The third-order valence-corrected chi connectivity index (χ3v) is 3.71. The van der Waals surface area contributed by atoms with Gasteiger partial charge in [-0.2, -0.15) is 0 Å². The van der Waals surface area contributed by atoms with Crippen LogP contribution in [-0.2, 0) is 11.3 Å². The molecule has 0 fully saturated rings. The Morgan fingerprint density at radius 1 is 1.39 bits per heavy atom. The highest BCUT2D eigenvalue weighted by molar-refractivity contribution is 5.77. The molecule has 0 spiro atoms. The molecule has 2 aromatic heterocycles. The number of fused-ring (bicyclic) bond motifs is 1. The first-order valence-electron chi connectivity index (χ1n) is 7.62. The van der Waals surface area contributed by atoms with Gasteiger partial charge in [-0.05, 0) is 30.5 Å². The van der Waals surface area contributed by atoms with Crippen LogP contribution in [0.5, 0.6) is 0 Å². The van der Waals surface area contributed by atoms with Crippen LogP contribution in [0.4, 0.5) is 0 Å². The summed E-state index contributed by atoms with van der Waals surface area (Å²) in [5.41, 5.74) is 3.06. The number of carbonyl (C=O) groups excluding carboxylic acids is 1. The molecule has 0 aliphatic heterocycles. The van der Waals surface area contributed by atoms with Gasteiger partial charge < -0.3 is 10.3 Å². The molecule has 7 heteroatoms. The van der Waals surface area contributed by atoms with Gasteiger partial charge in [0.2, 0.25) is 5.91 Å². The van der Waals surface area contributed by atoms with E-state index in [0.717, 1.165) is 16.9 Å². The van der Waals surface area contributed by atoms with Crippen LogP contribution in [0.15, 0.2) is 30.6 Å². The zero-order valence-corrected chi connectivity index (χ0v) is 13.4. The van der Waals surface area contributed by atoms with Crippen LogP contribution in [0.25, 0.3) is 11.0 Å². The number of aryl methyl sites for hydroxylation is 1. The summed E-state index contributed by atoms with van der Waals surface area (Å²) >= 11 is 0. The molecule has 1 aromatic carbocycles. The summed E-state index contributed by atoms with van der Waals surface area (Å²) < 4.78 is 1.49. The average molecular weight is 312 g/mol. The van der Waals surface area contributed by atoms with Gasteiger partial charge in [-0.3, -0.25) is 4.79 Å². The van der Waals surface area contributed by atoms with Gasteiger partial charge in [0.15, 0.2) is 0 Å². The summed E-state index contributed by atoms with van der Waals surface area (Å²) in [7, 11) is 0. The first-order chi connectivity index (χ1) is 11.0. The van der Waals surface area contributed by atoms with E-state index in [1.807, 2.05) is 19.1 Å². The molecule has 0 saturated carbocycles. The van der Waals surface area contributed by atoms with Crippen molar-refractivity contribution >= 4 is 16.9 Å². The number of rotatable bonds is 5. The average Bonchev–Trinajstić information content (AvgIpc) is 3.13. The molecule has 1 unspecified atom stereocenters. The van der Waals surface area contributed by atoms with Crippen molar-refractivity contribution in [1.29, 1.82) is 0 Å². The van der Waals surface area contributed by atoms with E-state index >= 15 is 0 Å². The Balaban J connectivity index is 1.81. The molecule has 1 amide bonds. The highest BCUT2D eigenvalue weighted by Crippen LogP contribution is 2.22. The number of imidazole rings is 1. The van der Waals surface area contributed by atoms with Crippen molar-refractivity contribution in [3.05, 3.63) is 42.0 Å². The zero-order chi connectivity index (χ0) is 16.4. The van der Waals surface area contributed by atoms with E-state index in [1.165, 1.54) is 10.2 Å². The largest absolute Gasteiger partial charge is 0.344 e. The maximum Gasteiger partial charge on any atom is 0.242 e. The van der Waals surface area contributed by atoms with E-state index in [4.69, 9.17) is 0 Å². The van der Waals surface area contributed by atoms with Crippen molar-refractivity contribution in [3.63, 3.8) is 0 Å². The molecule has 0 radical (unpaired) electrons. The molecular weight excluding hydrogens is 292 g/mol. The van der Waals surface area contributed by atoms with Crippen LogP contribution in [0, 0.1) is 12.8 Å². The minimum atomic E-state index is -0.182.